The highest BCUT2D eigenvalue weighted by atomic mass is 16.2. The molecule has 0 aliphatic carbocycles. The Labute approximate surface area is 168 Å². The van der Waals surface area contributed by atoms with Crippen LogP contribution < -0.4 is 10.2 Å². The minimum atomic E-state index is -0.108. The van der Waals surface area contributed by atoms with Crippen LogP contribution >= 0.6 is 0 Å². The van der Waals surface area contributed by atoms with E-state index < -0.39 is 0 Å². The van der Waals surface area contributed by atoms with E-state index >= 15 is 0 Å². The predicted octanol–water partition coefficient (Wildman–Crippen LogP) is 3.11. The van der Waals surface area contributed by atoms with E-state index in [9.17, 15) is 9.59 Å². The summed E-state index contributed by atoms with van der Waals surface area (Å²) in [5, 5.41) is 3.97. The van der Waals surface area contributed by atoms with Gasteiger partial charge in [-0.05, 0) is 54.7 Å². The summed E-state index contributed by atoms with van der Waals surface area (Å²) in [7, 11) is 0. The molecule has 2 aromatic heterocycles. The van der Waals surface area contributed by atoms with Crippen LogP contribution in [0.5, 0.6) is 0 Å². The Morgan fingerprint density at radius 1 is 1.10 bits per heavy atom. The van der Waals surface area contributed by atoms with E-state index in [0.717, 1.165) is 37.3 Å². The van der Waals surface area contributed by atoms with Crippen molar-refractivity contribution in [2.75, 3.05) is 31.1 Å². The maximum atomic E-state index is 13.0. The second-order valence-corrected chi connectivity index (χ2v) is 7.64. The molecule has 2 aliphatic heterocycles. The summed E-state index contributed by atoms with van der Waals surface area (Å²) in [6.07, 6.45) is 5.72. The van der Waals surface area contributed by atoms with Crippen molar-refractivity contribution in [2.45, 2.75) is 18.8 Å². The van der Waals surface area contributed by atoms with Gasteiger partial charge in [0.2, 0.25) is 0 Å². The first-order valence-electron chi connectivity index (χ1n) is 10.1. The van der Waals surface area contributed by atoms with Crippen LogP contribution in [0.2, 0.25) is 0 Å². The molecule has 0 bridgehead atoms. The minimum Gasteiger partial charge on any atom is -0.346 e. The third-order valence-corrected chi connectivity index (χ3v) is 5.97. The monoisotopic (exact) mass is 389 g/mol. The molecule has 0 spiro atoms. The number of aromatic nitrogens is 2. The summed E-state index contributed by atoms with van der Waals surface area (Å²) >= 11 is 0. The van der Waals surface area contributed by atoms with Crippen molar-refractivity contribution < 1.29 is 9.59 Å². The number of carbonyl (C=O) groups is 2. The molecule has 148 valence electrons. The van der Waals surface area contributed by atoms with Crippen molar-refractivity contribution in [3.8, 4) is 0 Å². The number of nitrogens with one attached hydrogen (secondary N) is 2. The van der Waals surface area contributed by atoms with Gasteiger partial charge in [0.1, 0.15) is 5.65 Å². The number of nitrogens with zero attached hydrogens (tertiary/aromatic N) is 3. The summed E-state index contributed by atoms with van der Waals surface area (Å²) in [5.74, 6) is 0.460. The molecule has 5 rings (SSSR count). The minimum absolute atomic E-state index is 0.0329. The number of urea groups is 1. The fraction of sp³-hybridized carbons (Fsp3) is 0.318. The number of piperidine rings is 1. The van der Waals surface area contributed by atoms with Crippen LogP contribution in [-0.2, 0) is 0 Å². The van der Waals surface area contributed by atoms with Gasteiger partial charge in [0.15, 0.2) is 0 Å². The number of hydrogen-bond acceptors (Lipinski definition) is 3. The van der Waals surface area contributed by atoms with Gasteiger partial charge in [-0.25, -0.2) is 9.78 Å². The smallest absolute Gasteiger partial charge is 0.321 e. The van der Waals surface area contributed by atoms with Crippen molar-refractivity contribution in [3.63, 3.8) is 0 Å². The van der Waals surface area contributed by atoms with E-state index in [-0.39, 0.29) is 11.9 Å². The van der Waals surface area contributed by atoms with Gasteiger partial charge in [0.05, 0.1) is 0 Å². The van der Waals surface area contributed by atoms with Crippen LogP contribution in [0, 0.1) is 0 Å². The number of fused-ring (bicyclic) bond motifs is 1. The number of H-pyrrole nitrogens is 1. The predicted molar refractivity (Wildman–Crippen MR) is 111 cm³/mol. The molecule has 7 heteroatoms. The molecule has 2 saturated heterocycles. The third kappa shape index (κ3) is 3.22. The number of hydrogen-bond donors (Lipinski definition) is 2. The Morgan fingerprint density at radius 3 is 2.76 bits per heavy atom. The molecule has 4 heterocycles. The van der Waals surface area contributed by atoms with Gasteiger partial charge in [-0.1, -0.05) is 6.07 Å². The largest absolute Gasteiger partial charge is 0.346 e. The SMILES string of the molecule is O=C(c1cccc(N2CCNC2=O)c1)N1CCC(c2c[nH]c3ncccc23)CC1. The van der Waals surface area contributed by atoms with Crippen molar-refractivity contribution in [1.82, 2.24) is 20.2 Å². The lowest BCUT2D eigenvalue weighted by atomic mass is 9.89. The fourth-order valence-electron chi connectivity index (χ4n) is 4.42. The van der Waals surface area contributed by atoms with E-state index in [1.54, 1.807) is 11.1 Å². The van der Waals surface area contributed by atoms with E-state index in [4.69, 9.17) is 0 Å². The molecule has 0 saturated carbocycles. The Kier molecular flexibility index (Phi) is 4.42. The number of rotatable bonds is 3. The van der Waals surface area contributed by atoms with Crippen molar-refractivity contribution in [1.29, 1.82) is 0 Å². The van der Waals surface area contributed by atoms with Crippen LogP contribution in [0.4, 0.5) is 10.5 Å². The zero-order chi connectivity index (χ0) is 19.8. The lowest BCUT2D eigenvalue weighted by Crippen LogP contribution is -2.38. The molecule has 2 N–H and O–H groups in total. The average molecular weight is 389 g/mol. The van der Waals surface area contributed by atoms with Gasteiger partial charge in [0.25, 0.3) is 5.91 Å². The van der Waals surface area contributed by atoms with Crippen LogP contribution in [0.25, 0.3) is 11.0 Å². The first-order chi connectivity index (χ1) is 14.2. The lowest BCUT2D eigenvalue weighted by molar-refractivity contribution is 0.0713. The Bertz CT molecular complexity index is 1070. The zero-order valence-electron chi connectivity index (χ0n) is 16.1. The summed E-state index contributed by atoms with van der Waals surface area (Å²) in [6.45, 7) is 2.71. The molecule has 3 amide bonds. The molecule has 3 aromatic rings. The maximum absolute atomic E-state index is 13.0. The second-order valence-electron chi connectivity index (χ2n) is 7.64. The van der Waals surface area contributed by atoms with Crippen LogP contribution in [0.15, 0.2) is 48.8 Å². The highest BCUT2D eigenvalue weighted by Crippen LogP contribution is 2.33. The van der Waals surface area contributed by atoms with Crippen LogP contribution in [-0.4, -0.2) is 53.0 Å². The summed E-state index contributed by atoms with van der Waals surface area (Å²) in [4.78, 5) is 36.2. The van der Waals surface area contributed by atoms with Crippen LogP contribution in [0.1, 0.15) is 34.7 Å². The van der Waals surface area contributed by atoms with Gasteiger partial charge in [-0.15, -0.1) is 0 Å². The quantitative estimate of drug-likeness (QED) is 0.722. The normalized spacial score (nSPS) is 17.7. The molecule has 1 aromatic carbocycles. The molecule has 0 radical (unpaired) electrons. The molecule has 2 fully saturated rings. The van der Waals surface area contributed by atoms with Gasteiger partial charge in [-0.3, -0.25) is 9.69 Å². The first-order valence-corrected chi connectivity index (χ1v) is 10.1. The summed E-state index contributed by atoms with van der Waals surface area (Å²) in [6, 6.07) is 11.3. The summed E-state index contributed by atoms with van der Waals surface area (Å²) in [5.41, 5.74) is 3.62. The Morgan fingerprint density at radius 2 is 1.97 bits per heavy atom. The standard InChI is InChI=1S/C22H23N5O2/c28-21(16-3-1-4-17(13-16)27-12-9-24-22(27)29)26-10-6-15(7-11-26)19-14-25-20-18(19)5-2-8-23-20/h1-5,8,13-15H,6-7,9-12H2,(H,23,25)(H,24,29). The lowest BCUT2D eigenvalue weighted by Gasteiger charge is -2.32. The van der Waals surface area contributed by atoms with Crippen molar-refractivity contribution in [3.05, 3.63) is 59.9 Å². The number of likely N-dealkylation sites (tertiary alicyclic amines) is 1. The Hall–Kier alpha value is -3.35. The Balaban J connectivity index is 1.28. The highest BCUT2D eigenvalue weighted by molar-refractivity contribution is 5.98. The molecule has 0 unspecified atom stereocenters. The van der Waals surface area contributed by atoms with Crippen molar-refractivity contribution in [2.24, 2.45) is 0 Å². The molecule has 2 aliphatic rings. The molecular formula is C22H23N5O2. The van der Waals surface area contributed by atoms with Gasteiger partial charge in [0, 0.05) is 55.2 Å². The van der Waals surface area contributed by atoms with Gasteiger partial charge in [-0.2, -0.15) is 0 Å². The fourth-order valence-corrected chi connectivity index (χ4v) is 4.42. The number of aromatic amines is 1. The second kappa shape index (κ2) is 7.24. The molecule has 29 heavy (non-hydrogen) atoms. The average Bonchev–Trinajstić information content (AvgIpc) is 3.40. The van der Waals surface area contributed by atoms with E-state index in [0.29, 0.717) is 24.6 Å². The van der Waals surface area contributed by atoms with Gasteiger partial charge >= 0.3 is 6.03 Å². The summed E-state index contributed by atoms with van der Waals surface area (Å²) < 4.78 is 0. The molecular weight excluding hydrogens is 366 g/mol. The van der Waals surface area contributed by atoms with E-state index in [1.807, 2.05) is 35.2 Å². The topological polar surface area (TPSA) is 81.3 Å². The van der Waals surface area contributed by atoms with E-state index in [2.05, 4.69) is 27.5 Å². The number of benzene rings is 1. The van der Waals surface area contributed by atoms with E-state index in [1.165, 1.54) is 10.9 Å². The third-order valence-electron chi connectivity index (χ3n) is 5.97. The number of anilines is 1. The molecule has 0 atom stereocenters. The number of carbonyl (C=O) groups excluding carboxylic acids is 2. The van der Waals surface area contributed by atoms with Crippen molar-refractivity contribution >= 4 is 28.7 Å². The number of amides is 3. The maximum Gasteiger partial charge on any atom is 0.321 e. The number of pyridine rings is 1. The first kappa shape index (κ1) is 17.7. The van der Waals surface area contributed by atoms with Crippen LogP contribution in [0.3, 0.4) is 0 Å². The highest BCUT2D eigenvalue weighted by Gasteiger charge is 2.27. The molecule has 7 nitrogen and oxygen atoms in total. The van der Waals surface area contributed by atoms with Gasteiger partial charge < -0.3 is 15.2 Å². The zero-order valence-corrected chi connectivity index (χ0v) is 16.1.